The third-order valence-corrected chi connectivity index (χ3v) is 3.64. The second kappa shape index (κ2) is 6.13. The normalized spacial score (nSPS) is 21.4. The Hall–Kier alpha value is -2.08. The number of carboxylic acid groups (broad SMARTS) is 1. The number of carboxylic acids is 1. The van der Waals surface area contributed by atoms with E-state index in [1.54, 1.807) is 7.05 Å². The fraction of sp³-hybridized carbons (Fsp3) is 0.467. The van der Waals surface area contributed by atoms with E-state index >= 15 is 0 Å². The number of aryl methyl sites for hydroxylation is 1. The molecule has 2 N–H and O–H groups in total. The molecule has 2 rings (SSSR count). The number of carbonyl (C=O) groups is 2. The van der Waals surface area contributed by atoms with Crippen LogP contribution in [0, 0.1) is 6.92 Å². The lowest BCUT2D eigenvalue weighted by Gasteiger charge is -2.27. The van der Waals surface area contributed by atoms with E-state index in [1.807, 2.05) is 31.2 Å². The number of aliphatic hydroxyl groups is 1. The van der Waals surface area contributed by atoms with Gasteiger partial charge in [0.05, 0.1) is 6.10 Å². The number of nitrogens with zero attached hydrogens (tertiary/aromatic N) is 2. The van der Waals surface area contributed by atoms with Gasteiger partial charge in [-0.05, 0) is 12.5 Å². The summed E-state index contributed by atoms with van der Waals surface area (Å²) >= 11 is 0. The summed E-state index contributed by atoms with van der Waals surface area (Å²) in [6.45, 7) is 2.44. The molecular formula is C15H20N2O4. The van der Waals surface area contributed by atoms with Crippen LogP contribution in [0.3, 0.4) is 0 Å². The number of carbonyl (C=O) groups excluding carboxylic acids is 1. The summed E-state index contributed by atoms with van der Waals surface area (Å²) in [5.74, 6) is -1.08. The van der Waals surface area contributed by atoms with Gasteiger partial charge >= 0.3 is 12.0 Å². The summed E-state index contributed by atoms with van der Waals surface area (Å²) in [5, 5.41) is 18.7. The van der Waals surface area contributed by atoms with Gasteiger partial charge in [-0.2, -0.15) is 0 Å². The molecule has 114 valence electrons. The molecule has 1 fully saturated rings. The molecule has 1 aromatic carbocycles. The summed E-state index contributed by atoms with van der Waals surface area (Å²) in [7, 11) is 1.63. The van der Waals surface area contributed by atoms with Gasteiger partial charge in [0.2, 0.25) is 0 Å². The first-order valence-corrected chi connectivity index (χ1v) is 6.86. The van der Waals surface area contributed by atoms with Crippen LogP contribution in [0.5, 0.6) is 0 Å². The molecule has 1 aliphatic heterocycles. The number of aliphatic hydroxyl groups excluding tert-OH is 1. The topological polar surface area (TPSA) is 81.1 Å². The van der Waals surface area contributed by atoms with Crippen LogP contribution in [0.15, 0.2) is 24.3 Å². The number of likely N-dealkylation sites (tertiary alicyclic amines) is 1. The first kappa shape index (κ1) is 15.3. The Morgan fingerprint density at radius 3 is 2.76 bits per heavy atom. The van der Waals surface area contributed by atoms with Crippen LogP contribution in [0.2, 0.25) is 0 Å². The number of β-amino-alcohol motifs (C(OH)–C–C–N with tert-alkyl or cyclic N) is 1. The van der Waals surface area contributed by atoms with Crippen molar-refractivity contribution < 1.29 is 19.8 Å². The Balaban J connectivity index is 2.06. The van der Waals surface area contributed by atoms with Gasteiger partial charge < -0.3 is 20.0 Å². The van der Waals surface area contributed by atoms with Gasteiger partial charge in [0.1, 0.15) is 6.04 Å². The maximum absolute atomic E-state index is 12.4. The van der Waals surface area contributed by atoms with Crippen LogP contribution < -0.4 is 0 Å². The predicted octanol–water partition coefficient (Wildman–Crippen LogP) is 1.07. The van der Waals surface area contributed by atoms with E-state index in [2.05, 4.69) is 0 Å². The molecule has 2 atom stereocenters. The fourth-order valence-corrected chi connectivity index (χ4v) is 2.63. The molecule has 0 aliphatic carbocycles. The maximum Gasteiger partial charge on any atom is 0.326 e. The van der Waals surface area contributed by atoms with Crippen LogP contribution in [-0.2, 0) is 11.3 Å². The highest BCUT2D eigenvalue weighted by Gasteiger charge is 2.39. The minimum Gasteiger partial charge on any atom is -0.480 e. The van der Waals surface area contributed by atoms with Crippen LogP contribution in [0.1, 0.15) is 17.5 Å². The Kier molecular flexibility index (Phi) is 4.47. The third-order valence-electron chi connectivity index (χ3n) is 3.64. The van der Waals surface area contributed by atoms with Gasteiger partial charge in [-0.15, -0.1) is 0 Å². The standard InChI is InChI=1S/C15H20N2O4/c1-10-4-3-5-11(6-10)8-16(2)15(21)17-9-12(18)7-13(17)14(19)20/h3-6,12-13,18H,7-9H2,1-2H3,(H,19,20). The fourth-order valence-electron chi connectivity index (χ4n) is 2.63. The Morgan fingerprint density at radius 1 is 1.43 bits per heavy atom. The zero-order valence-corrected chi connectivity index (χ0v) is 12.2. The van der Waals surface area contributed by atoms with E-state index in [4.69, 9.17) is 5.11 Å². The Morgan fingerprint density at radius 2 is 2.14 bits per heavy atom. The molecule has 0 radical (unpaired) electrons. The minimum absolute atomic E-state index is 0.0634. The molecule has 0 bridgehead atoms. The third kappa shape index (κ3) is 3.52. The Bertz CT molecular complexity index is 546. The smallest absolute Gasteiger partial charge is 0.326 e. The van der Waals surface area contributed by atoms with E-state index in [0.29, 0.717) is 6.54 Å². The van der Waals surface area contributed by atoms with Gasteiger partial charge in [0.25, 0.3) is 0 Å². The Labute approximate surface area is 123 Å². The molecule has 21 heavy (non-hydrogen) atoms. The van der Waals surface area contributed by atoms with Crippen molar-refractivity contribution in [2.75, 3.05) is 13.6 Å². The van der Waals surface area contributed by atoms with Crippen molar-refractivity contribution in [2.24, 2.45) is 0 Å². The van der Waals surface area contributed by atoms with Gasteiger partial charge in [-0.25, -0.2) is 9.59 Å². The number of amides is 2. The molecule has 6 heteroatoms. The summed E-state index contributed by atoms with van der Waals surface area (Å²) in [6.07, 6.45) is -0.693. The van der Waals surface area contributed by atoms with Gasteiger partial charge in [0.15, 0.2) is 0 Å². The molecule has 1 heterocycles. The van der Waals surface area contributed by atoms with E-state index in [0.717, 1.165) is 11.1 Å². The largest absolute Gasteiger partial charge is 0.480 e. The number of benzene rings is 1. The summed E-state index contributed by atoms with van der Waals surface area (Å²) < 4.78 is 0. The predicted molar refractivity (Wildman–Crippen MR) is 76.8 cm³/mol. The average molecular weight is 292 g/mol. The van der Waals surface area contributed by atoms with Gasteiger partial charge in [-0.3, -0.25) is 0 Å². The minimum atomic E-state index is -1.08. The lowest BCUT2D eigenvalue weighted by molar-refractivity contribution is -0.141. The molecule has 1 saturated heterocycles. The van der Waals surface area contributed by atoms with Gasteiger partial charge in [-0.1, -0.05) is 29.8 Å². The highest BCUT2D eigenvalue weighted by atomic mass is 16.4. The van der Waals surface area contributed by atoms with Gasteiger partial charge in [0, 0.05) is 26.6 Å². The molecule has 2 amide bonds. The van der Waals surface area contributed by atoms with Crippen LogP contribution in [-0.4, -0.2) is 57.8 Å². The summed E-state index contributed by atoms with van der Waals surface area (Å²) in [5.41, 5.74) is 2.09. The zero-order chi connectivity index (χ0) is 15.6. The highest BCUT2D eigenvalue weighted by molar-refractivity contribution is 5.83. The molecule has 1 aliphatic rings. The number of rotatable bonds is 3. The van der Waals surface area contributed by atoms with Crippen LogP contribution in [0.4, 0.5) is 4.79 Å². The molecule has 1 aromatic rings. The first-order valence-electron chi connectivity index (χ1n) is 6.86. The molecule has 0 saturated carbocycles. The second-order valence-electron chi connectivity index (χ2n) is 5.52. The van der Waals surface area contributed by atoms with E-state index in [1.165, 1.54) is 9.80 Å². The number of hydrogen-bond acceptors (Lipinski definition) is 3. The van der Waals surface area contributed by atoms with E-state index < -0.39 is 18.1 Å². The SMILES string of the molecule is Cc1cccc(CN(C)C(=O)N2CC(O)CC2C(=O)O)c1. The lowest BCUT2D eigenvalue weighted by atomic mass is 10.1. The molecule has 2 unspecified atom stereocenters. The van der Waals surface area contributed by atoms with Crippen molar-refractivity contribution in [1.29, 1.82) is 0 Å². The zero-order valence-electron chi connectivity index (χ0n) is 12.2. The molecule has 6 nitrogen and oxygen atoms in total. The first-order chi connectivity index (χ1) is 9.88. The monoisotopic (exact) mass is 292 g/mol. The van der Waals surface area contributed by atoms with Crippen LogP contribution in [0.25, 0.3) is 0 Å². The van der Waals surface area contributed by atoms with E-state index in [9.17, 15) is 14.7 Å². The summed E-state index contributed by atoms with van der Waals surface area (Å²) in [6, 6.07) is 6.47. The molecular weight excluding hydrogens is 272 g/mol. The van der Waals surface area contributed by atoms with Crippen molar-refractivity contribution in [1.82, 2.24) is 9.80 Å². The van der Waals surface area contributed by atoms with Crippen molar-refractivity contribution in [3.05, 3.63) is 35.4 Å². The van der Waals surface area contributed by atoms with Crippen molar-refractivity contribution in [3.63, 3.8) is 0 Å². The summed E-state index contributed by atoms with van der Waals surface area (Å²) in [4.78, 5) is 26.2. The van der Waals surface area contributed by atoms with Crippen molar-refractivity contribution in [3.8, 4) is 0 Å². The lowest BCUT2D eigenvalue weighted by Crippen LogP contribution is -2.46. The maximum atomic E-state index is 12.4. The number of hydrogen-bond donors (Lipinski definition) is 2. The van der Waals surface area contributed by atoms with E-state index in [-0.39, 0.29) is 19.0 Å². The number of urea groups is 1. The van der Waals surface area contributed by atoms with Crippen molar-refractivity contribution >= 4 is 12.0 Å². The second-order valence-corrected chi connectivity index (χ2v) is 5.52. The van der Waals surface area contributed by atoms with Crippen LogP contribution >= 0.6 is 0 Å². The molecule has 0 spiro atoms. The van der Waals surface area contributed by atoms with Crippen molar-refractivity contribution in [2.45, 2.75) is 32.0 Å². The quantitative estimate of drug-likeness (QED) is 0.873. The average Bonchev–Trinajstić information content (AvgIpc) is 2.80. The molecule has 0 aromatic heterocycles. The number of aliphatic carboxylic acids is 1. The highest BCUT2D eigenvalue weighted by Crippen LogP contribution is 2.20.